The highest BCUT2D eigenvalue weighted by Crippen LogP contribution is 2.32. The number of aromatic nitrogens is 2. The van der Waals surface area contributed by atoms with Gasteiger partial charge in [-0.2, -0.15) is 5.10 Å². The van der Waals surface area contributed by atoms with Gasteiger partial charge in [0, 0.05) is 40.6 Å². The van der Waals surface area contributed by atoms with Crippen LogP contribution in [-0.2, 0) is 7.05 Å². The van der Waals surface area contributed by atoms with Crippen LogP contribution >= 0.6 is 11.3 Å². The van der Waals surface area contributed by atoms with E-state index in [0.717, 1.165) is 0 Å². The molecule has 4 heteroatoms. The Hall–Kier alpha value is -1.13. The maximum Gasteiger partial charge on any atom is 0.0537 e. The number of thiophene rings is 1. The van der Waals surface area contributed by atoms with Crippen molar-refractivity contribution in [2.24, 2.45) is 13.0 Å². The Kier molecular flexibility index (Phi) is 4.66. The number of aryl methyl sites for hydroxylation is 3. The minimum absolute atomic E-state index is 0.302. The Balaban J connectivity index is 2.20. The summed E-state index contributed by atoms with van der Waals surface area (Å²) in [7, 11) is 1.96. The van der Waals surface area contributed by atoms with Crippen LogP contribution in [0.2, 0.25) is 0 Å². The average molecular weight is 291 g/mol. The second kappa shape index (κ2) is 6.10. The molecule has 110 valence electrons. The second-order valence-electron chi connectivity index (χ2n) is 5.93. The van der Waals surface area contributed by atoms with E-state index in [9.17, 15) is 0 Å². The van der Waals surface area contributed by atoms with Crippen molar-refractivity contribution in [3.63, 3.8) is 0 Å². The minimum atomic E-state index is 0.302. The molecule has 0 aromatic carbocycles. The fraction of sp³-hybridized carbons (Fsp3) is 0.562. The first-order valence-corrected chi connectivity index (χ1v) is 8.01. The van der Waals surface area contributed by atoms with Gasteiger partial charge in [-0.1, -0.05) is 13.8 Å². The number of nitrogens with zero attached hydrogens (tertiary/aromatic N) is 2. The average Bonchev–Trinajstić information content (AvgIpc) is 2.92. The van der Waals surface area contributed by atoms with Crippen molar-refractivity contribution >= 4 is 11.3 Å². The zero-order valence-electron chi connectivity index (χ0n) is 13.3. The van der Waals surface area contributed by atoms with Gasteiger partial charge >= 0.3 is 0 Å². The summed E-state index contributed by atoms with van der Waals surface area (Å²) in [6.45, 7) is 11.2. The molecule has 3 nitrogen and oxygen atoms in total. The molecule has 20 heavy (non-hydrogen) atoms. The monoisotopic (exact) mass is 291 g/mol. The van der Waals surface area contributed by atoms with Crippen LogP contribution in [0.3, 0.4) is 0 Å². The SMILES string of the molecule is Cc1cc([C@H](N[C@@H](C)c2cnn(C)c2)C(C)C)c(C)s1. The lowest BCUT2D eigenvalue weighted by molar-refractivity contribution is 0.374. The lowest BCUT2D eigenvalue weighted by Gasteiger charge is -2.26. The third-order valence-corrected chi connectivity index (χ3v) is 4.72. The third-order valence-electron chi connectivity index (χ3n) is 3.74. The maximum absolute atomic E-state index is 4.26. The molecular formula is C16H25N3S. The van der Waals surface area contributed by atoms with E-state index in [1.54, 1.807) is 0 Å². The van der Waals surface area contributed by atoms with Crippen molar-refractivity contribution in [2.75, 3.05) is 0 Å². The molecule has 2 aromatic heterocycles. The van der Waals surface area contributed by atoms with Crippen LogP contribution < -0.4 is 5.32 Å². The molecule has 0 unspecified atom stereocenters. The topological polar surface area (TPSA) is 29.9 Å². The molecule has 0 spiro atoms. The quantitative estimate of drug-likeness (QED) is 0.897. The molecule has 0 saturated carbocycles. The molecule has 2 atom stereocenters. The standard InChI is InChI=1S/C16H25N3S/c1-10(2)16(15-7-11(3)20-13(15)5)18-12(4)14-8-17-19(6)9-14/h7-10,12,16,18H,1-6H3/t12-,16+/m0/s1. The third kappa shape index (κ3) is 3.30. The number of hydrogen-bond donors (Lipinski definition) is 1. The molecule has 0 saturated heterocycles. The Morgan fingerprint density at radius 2 is 1.95 bits per heavy atom. The molecule has 0 aliphatic carbocycles. The summed E-state index contributed by atoms with van der Waals surface area (Å²) < 4.78 is 1.86. The summed E-state index contributed by atoms with van der Waals surface area (Å²) >= 11 is 1.89. The van der Waals surface area contributed by atoms with Gasteiger partial charge in [-0.15, -0.1) is 11.3 Å². The fourth-order valence-corrected chi connectivity index (χ4v) is 3.60. The molecule has 0 aliphatic rings. The smallest absolute Gasteiger partial charge is 0.0537 e. The van der Waals surface area contributed by atoms with E-state index in [1.165, 1.54) is 20.9 Å². The van der Waals surface area contributed by atoms with E-state index in [1.807, 2.05) is 29.3 Å². The highest BCUT2D eigenvalue weighted by atomic mass is 32.1. The van der Waals surface area contributed by atoms with E-state index >= 15 is 0 Å². The molecule has 2 rings (SSSR count). The van der Waals surface area contributed by atoms with Crippen molar-refractivity contribution in [3.05, 3.63) is 39.3 Å². The molecule has 0 aliphatic heterocycles. The summed E-state index contributed by atoms with van der Waals surface area (Å²) in [5.74, 6) is 0.557. The van der Waals surface area contributed by atoms with Crippen molar-refractivity contribution < 1.29 is 0 Å². The van der Waals surface area contributed by atoms with Crippen LogP contribution in [0.1, 0.15) is 53.7 Å². The molecule has 0 bridgehead atoms. The number of hydrogen-bond acceptors (Lipinski definition) is 3. The van der Waals surface area contributed by atoms with Crippen LogP contribution in [0.15, 0.2) is 18.5 Å². The van der Waals surface area contributed by atoms with Gasteiger partial charge in [-0.05, 0) is 38.3 Å². The Labute approximate surface area is 126 Å². The van der Waals surface area contributed by atoms with Crippen LogP contribution in [0.4, 0.5) is 0 Å². The van der Waals surface area contributed by atoms with E-state index in [-0.39, 0.29) is 0 Å². The zero-order valence-corrected chi connectivity index (χ0v) is 14.1. The minimum Gasteiger partial charge on any atom is -0.303 e. The van der Waals surface area contributed by atoms with Crippen LogP contribution in [0.25, 0.3) is 0 Å². The van der Waals surface area contributed by atoms with E-state index < -0.39 is 0 Å². The van der Waals surface area contributed by atoms with Gasteiger partial charge in [0.05, 0.1) is 6.20 Å². The molecule has 0 fully saturated rings. The number of nitrogens with one attached hydrogen (secondary N) is 1. The lowest BCUT2D eigenvalue weighted by Crippen LogP contribution is -2.28. The van der Waals surface area contributed by atoms with Crippen molar-refractivity contribution in [1.29, 1.82) is 0 Å². The molecular weight excluding hydrogens is 266 g/mol. The molecule has 2 aromatic rings. The van der Waals surface area contributed by atoms with Gasteiger partial charge in [0.15, 0.2) is 0 Å². The fourth-order valence-electron chi connectivity index (χ4n) is 2.63. The Bertz CT molecular complexity index is 568. The predicted octanol–water partition coefficient (Wildman–Crippen LogP) is 4.15. The molecule has 0 amide bonds. The van der Waals surface area contributed by atoms with E-state index in [4.69, 9.17) is 0 Å². The summed E-state index contributed by atoms with van der Waals surface area (Å²) in [6.07, 6.45) is 4.03. The van der Waals surface area contributed by atoms with E-state index in [2.05, 4.69) is 57.3 Å². The summed E-state index contributed by atoms with van der Waals surface area (Å²) in [5, 5.41) is 8.03. The van der Waals surface area contributed by atoms with Crippen molar-refractivity contribution in [1.82, 2.24) is 15.1 Å². The van der Waals surface area contributed by atoms with Gasteiger partial charge in [-0.3, -0.25) is 4.68 Å². The summed E-state index contributed by atoms with van der Waals surface area (Å²) in [5.41, 5.74) is 2.68. The van der Waals surface area contributed by atoms with Gasteiger partial charge in [-0.25, -0.2) is 0 Å². The molecule has 2 heterocycles. The Morgan fingerprint density at radius 3 is 2.40 bits per heavy atom. The summed E-state index contributed by atoms with van der Waals surface area (Å²) in [4.78, 5) is 2.81. The zero-order chi connectivity index (χ0) is 14.9. The number of rotatable bonds is 5. The van der Waals surface area contributed by atoms with Crippen LogP contribution in [0, 0.1) is 19.8 Å². The lowest BCUT2D eigenvalue weighted by atomic mass is 9.95. The highest BCUT2D eigenvalue weighted by molar-refractivity contribution is 7.12. The normalized spacial score (nSPS) is 14.8. The highest BCUT2D eigenvalue weighted by Gasteiger charge is 2.22. The van der Waals surface area contributed by atoms with E-state index in [0.29, 0.717) is 18.0 Å². The predicted molar refractivity (Wildman–Crippen MR) is 86.1 cm³/mol. The van der Waals surface area contributed by atoms with Gasteiger partial charge in [0.1, 0.15) is 0 Å². The Morgan fingerprint density at radius 1 is 1.25 bits per heavy atom. The first kappa shape index (κ1) is 15.3. The van der Waals surface area contributed by atoms with Crippen LogP contribution in [0.5, 0.6) is 0 Å². The molecule has 1 N–H and O–H groups in total. The largest absolute Gasteiger partial charge is 0.303 e. The summed E-state index contributed by atoms with van der Waals surface area (Å²) in [6, 6.07) is 3.01. The van der Waals surface area contributed by atoms with Crippen molar-refractivity contribution in [2.45, 2.75) is 46.7 Å². The van der Waals surface area contributed by atoms with Gasteiger partial charge < -0.3 is 5.32 Å². The van der Waals surface area contributed by atoms with Gasteiger partial charge in [0.2, 0.25) is 0 Å². The van der Waals surface area contributed by atoms with Crippen LogP contribution in [-0.4, -0.2) is 9.78 Å². The first-order chi connectivity index (χ1) is 9.38. The van der Waals surface area contributed by atoms with Crippen molar-refractivity contribution in [3.8, 4) is 0 Å². The maximum atomic E-state index is 4.26. The molecule has 0 radical (unpaired) electrons. The van der Waals surface area contributed by atoms with Gasteiger partial charge in [0.25, 0.3) is 0 Å². The first-order valence-electron chi connectivity index (χ1n) is 7.20. The second-order valence-corrected chi connectivity index (χ2v) is 7.39.